The van der Waals surface area contributed by atoms with Crippen molar-refractivity contribution >= 4 is 34.2 Å². The van der Waals surface area contributed by atoms with Crippen LogP contribution in [-0.4, -0.2) is 36.6 Å². The molecule has 0 saturated heterocycles. The Morgan fingerprint density at radius 3 is 2.31 bits per heavy atom. The molecule has 0 aliphatic carbocycles. The highest BCUT2D eigenvalue weighted by molar-refractivity contribution is 7.18. The van der Waals surface area contributed by atoms with Crippen molar-refractivity contribution in [3.05, 3.63) is 50.3 Å². The predicted molar refractivity (Wildman–Crippen MR) is 96.1 cm³/mol. The van der Waals surface area contributed by atoms with Crippen molar-refractivity contribution in [2.24, 2.45) is 0 Å². The number of carbonyl (C=O) groups is 3. The molecule has 0 spiro atoms. The Kier molecular flexibility index (Phi) is 6.47. The standard InChI is InChI=1S/C17H15F3N2O6S/c1-8-12(15(25)27-2)14(29-13(8)16(26)28-3)21-10(23)7-22-6-9(17(18,19)20)4-5-11(22)24/h4-6H,7H2,1-3H3,(H,21,23). The van der Waals surface area contributed by atoms with Gasteiger partial charge in [-0.15, -0.1) is 11.3 Å². The number of hydrogen-bond donors (Lipinski definition) is 1. The van der Waals surface area contributed by atoms with Crippen LogP contribution < -0.4 is 10.9 Å². The van der Waals surface area contributed by atoms with Gasteiger partial charge >= 0.3 is 18.1 Å². The predicted octanol–water partition coefficient (Wildman–Crippen LogP) is 2.45. The second kappa shape index (κ2) is 8.47. The zero-order chi connectivity index (χ0) is 21.9. The number of aromatic nitrogens is 1. The molecule has 0 aliphatic rings. The summed E-state index contributed by atoms with van der Waals surface area (Å²) in [5.41, 5.74) is -1.80. The van der Waals surface area contributed by atoms with Gasteiger partial charge < -0.3 is 19.4 Å². The maximum absolute atomic E-state index is 12.8. The van der Waals surface area contributed by atoms with Crippen LogP contribution in [0.25, 0.3) is 0 Å². The van der Waals surface area contributed by atoms with E-state index >= 15 is 0 Å². The summed E-state index contributed by atoms with van der Waals surface area (Å²) < 4.78 is 48.3. The van der Waals surface area contributed by atoms with Crippen molar-refractivity contribution < 1.29 is 37.0 Å². The normalized spacial score (nSPS) is 11.1. The van der Waals surface area contributed by atoms with Gasteiger partial charge in [0.05, 0.1) is 25.3 Å². The summed E-state index contributed by atoms with van der Waals surface area (Å²) in [7, 11) is 2.24. The lowest BCUT2D eigenvalue weighted by Crippen LogP contribution is -2.28. The van der Waals surface area contributed by atoms with Gasteiger partial charge in [0.25, 0.3) is 5.56 Å². The third-order valence-electron chi connectivity index (χ3n) is 3.78. The van der Waals surface area contributed by atoms with Crippen LogP contribution in [-0.2, 0) is 27.0 Å². The molecule has 0 radical (unpaired) electrons. The van der Waals surface area contributed by atoms with Crippen LogP contribution >= 0.6 is 11.3 Å². The quantitative estimate of drug-likeness (QED) is 0.728. The van der Waals surface area contributed by atoms with E-state index in [2.05, 4.69) is 14.8 Å². The van der Waals surface area contributed by atoms with E-state index in [1.165, 1.54) is 6.92 Å². The molecule has 0 unspecified atom stereocenters. The van der Waals surface area contributed by atoms with Crippen molar-refractivity contribution in [2.75, 3.05) is 19.5 Å². The van der Waals surface area contributed by atoms with Gasteiger partial charge in [0.2, 0.25) is 5.91 Å². The molecule has 2 aromatic rings. The van der Waals surface area contributed by atoms with Gasteiger partial charge in [0.1, 0.15) is 16.4 Å². The maximum atomic E-state index is 12.8. The van der Waals surface area contributed by atoms with Gasteiger partial charge in [-0.3, -0.25) is 9.59 Å². The lowest BCUT2D eigenvalue weighted by atomic mass is 10.1. The number of anilines is 1. The molecule has 2 aromatic heterocycles. The number of pyridine rings is 1. The number of amides is 1. The van der Waals surface area contributed by atoms with E-state index in [0.29, 0.717) is 22.9 Å². The summed E-state index contributed by atoms with van der Waals surface area (Å²) in [5, 5.41) is 2.27. The fourth-order valence-corrected chi connectivity index (χ4v) is 3.51. The molecular formula is C17H15F3N2O6S. The number of carbonyl (C=O) groups excluding carboxylic acids is 3. The largest absolute Gasteiger partial charge is 0.465 e. The summed E-state index contributed by atoms with van der Waals surface area (Å²) in [4.78, 5) is 48.0. The minimum absolute atomic E-state index is 0.0411. The Morgan fingerprint density at radius 1 is 1.14 bits per heavy atom. The molecule has 1 N–H and O–H groups in total. The second-order valence-corrected chi connectivity index (χ2v) is 6.69. The zero-order valence-corrected chi connectivity index (χ0v) is 16.2. The van der Waals surface area contributed by atoms with Crippen molar-refractivity contribution in [3.63, 3.8) is 0 Å². The number of hydrogen-bond acceptors (Lipinski definition) is 7. The first-order valence-corrected chi connectivity index (χ1v) is 8.68. The van der Waals surface area contributed by atoms with Gasteiger partial charge in [-0.2, -0.15) is 13.2 Å². The summed E-state index contributed by atoms with van der Waals surface area (Å²) in [6.07, 6.45) is -4.17. The van der Waals surface area contributed by atoms with Gasteiger partial charge in [0.15, 0.2) is 0 Å². The molecule has 1 amide bonds. The van der Waals surface area contributed by atoms with Gasteiger partial charge in [0, 0.05) is 12.3 Å². The van der Waals surface area contributed by atoms with Crippen LogP contribution in [0.4, 0.5) is 18.2 Å². The van der Waals surface area contributed by atoms with Crippen molar-refractivity contribution in [1.29, 1.82) is 0 Å². The van der Waals surface area contributed by atoms with Crippen LogP contribution in [0.2, 0.25) is 0 Å². The number of methoxy groups -OCH3 is 2. The van der Waals surface area contributed by atoms with Crippen LogP contribution in [0.1, 0.15) is 31.2 Å². The van der Waals surface area contributed by atoms with Crippen molar-refractivity contribution in [2.45, 2.75) is 19.6 Å². The molecule has 0 bridgehead atoms. The van der Waals surface area contributed by atoms with Crippen LogP contribution in [0.3, 0.4) is 0 Å². The Labute approximate surface area is 165 Å². The molecule has 2 heterocycles. The van der Waals surface area contributed by atoms with Crippen molar-refractivity contribution in [1.82, 2.24) is 4.57 Å². The van der Waals surface area contributed by atoms with Crippen molar-refractivity contribution in [3.8, 4) is 0 Å². The SMILES string of the molecule is COC(=O)c1sc(NC(=O)Cn2cc(C(F)(F)F)ccc2=O)c(C(=O)OC)c1C. The van der Waals surface area contributed by atoms with E-state index in [-0.39, 0.29) is 21.0 Å². The maximum Gasteiger partial charge on any atom is 0.417 e. The smallest absolute Gasteiger partial charge is 0.417 e. The highest BCUT2D eigenvalue weighted by Crippen LogP contribution is 2.34. The molecule has 156 valence electrons. The zero-order valence-electron chi connectivity index (χ0n) is 15.4. The van der Waals surface area contributed by atoms with Gasteiger partial charge in [-0.1, -0.05) is 0 Å². The Morgan fingerprint density at radius 2 is 1.76 bits per heavy atom. The Hall–Kier alpha value is -3.15. The molecule has 0 fully saturated rings. The second-order valence-electron chi connectivity index (χ2n) is 5.67. The molecule has 0 aliphatic heterocycles. The Balaban J connectivity index is 2.35. The molecule has 29 heavy (non-hydrogen) atoms. The van der Waals surface area contributed by atoms with E-state index in [9.17, 15) is 32.3 Å². The van der Waals surface area contributed by atoms with E-state index in [0.717, 1.165) is 25.6 Å². The number of nitrogens with one attached hydrogen (secondary N) is 1. The lowest BCUT2D eigenvalue weighted by Gasteiger charge is -2.11. The monoisotopic (exact) mass is 432 g/mol. The highest BCUT2D eigenvalue weighted by Gasteiger charge is 2.31. The molecule has 0 aromatic carbocycles. The first-order chi connectivity index (χ1) is 13.5. The van der Waals surface area contributed by atoms with Crippen LogP contribution in [0.5, 0.6) is 0 Å². The van der Waals surface area contributed by atoms with Crippen LogP contribution in [0, 0.1) is 6.92 Å². The number of alkyl halides is 3. The number of rotatable bonds is 5. The number of ether oxygens (including phenoxy) is 2. The van der Waals surface area contributed by atoms with Crippen LogP contribution in [0.15, 0.2) is 23.1 Å². The Bertz CT molecular complexity index is 1030. The first-order valence-electron chi connectivity index (χ1n) is 7.87. The molecule has 0 atom stereocenters. The molecule has 0 saturated carbocycles. The summed E-state index contributed by atoms with van der Waals surface area (Å²) in [6.45, 7) is 0.704. The molecule has 12 heteroatoms. The summed E-state index contributed by atoms with van der Waals surface area (Å²) >= 11 is 0.738. The first kappa shape index (κ1) is 22.1. The number of thiophene rings is 1. The third kappa shape index (κ3) is 4.83. The van der Waals surface area contributed by atoms with E-state index < -0.39 is 41.7 Å². The topological polar surface area (TPSA) is 104 Å². The van der Waals surface area contributed by atoms with E-state index in [1.807, 2.05) is 0 Å². The van der Waals surface area contributed by atoms with E-state index in [1.54, 1.807) is 0 Å². The fourth-order valence-electron chi connectivity index (χ4n) is 2.38. The molecule has 8 nitrogen and oxygen atoms in total. The fraction of sp³-hybridized carbons (Fsp3) is 0.294. The summed E-state index contributed by atoms with van der Waals surface area (Å²) in [6, 6.07) is 1.30. The average Bonchev–Trinajstić information content (AvgIpc) is 2.97. The minimum Gasteiger partial charge on any atom is -0.465 e. The molecule has 2 rings (SSSR count). The van der Waals surface area contributed by atoms with Gasteiger partial charge in [-0.25, -0.2) is 9.59 Å². The number of esters is 2. The third-order valence-corrected chi connectivity index (χ3v) is 4.97. The molecular weight excluding hydrogens is 417 g/mol. The number of nitrogens with zero attached hydrogens (tertiary/aromatic N) is 1. The van der Waals surface area contributed by atoms with Gasteiger partial charge in [-0.05, 0) is 18.6 Å². The lowest BCUT2D eigenvalue weighted by molar-refractivity contribution is -0.138. The summed E-state index contributed by atoms with van der Waals surface area (Å²) in [5.74, 6) is -2.46. The van der Waals surface area contributed by atoms with E-state index in [4.69, 9.17) is 0 Å². The highest BCUT2D eigenvalue weighted by atomic mass is 32.1. The minimum atomic E-state index is -4.69. The number of halogens is 3. The average molecular weight is 432 g/mol.